The van der Waals surface area contributed by atoms with Crippen molar-refractivity contribution in [1.29, 1.82) is 0 Å². The molecule has 1 saturated heterocycles. The van der Waals surface area contributed by atoms with Crippen molar-refractivity contribution in [2.24, 2.45) is 0 Å². The summed E-state index contributed by atoms with van der Waals surface area (Å²) < 4.78 is 0. The fourth-order valence-corrected chi connectivity index (χ4v) is 2.60. The number of piperidine rings is 1. The lowest BCUT2D eigenvalue weighted by molar-refractivity contribution is 0.0649. The highest BCUT2D eigenvalue weighted by Gasteiger charge is 2.32. The van der Waals surface area contributed by atoms with E-state index in [1.165, 1.54) is 0 Å². The molecule has 1 aliphatic rings. The smallest absolute Gasteiger partial charge is 0.257 e. The number of aromatic amines is 1. The van der Waals surface area contributed by atoms with Crippen LogP contribution >= 0.6 is 0 Å². The van der Waals surface area contributed by atoms with Gasteiger partial charge < -0.3 is 10.2 Å². The predicted molar refractivity (Wildman–Crippen MR) is 70.4 cm³/mol. The molecule has 2 rings (SSSR count). The van der Waals surface area contributed by atoms with E-state index in [1.54, 1.807) is 12.4 Å². The van der Waals surface area contributed by atoms with Crippen LogP contribution in [-0.2, 0) is 0 Å². The standard InChI is InChI=1S/C13H22N4O/c1-10(2)16-13(3)4-6-17(7-5-13)12(18)11-8-14-15-9-11/h8-10,16H,4-7H2,1-3H3,(H,14,15). The molecule has 18 heavy (non-hydrogen) atoms. The first-order valence-corrected chi connectivity index (χ1v) is 6.56. The number of H-pyrrole nitrogens is 1. The predicted octanol–water partition coefficient (Wildman–Crippen LogP) is 1.40. The van der Waals surface area contributed by atoms with Crippen LogP contribution in [0.2, 0.25) is 0 Å². The summed E-state index contributed by atoms with van der Waals surface area (Å²) in [5.74, 6) is 0.0790. The third kappa shape index (κ3) is 2.90. The molecule has 2 N–H and O–H groups in total. The van der Waals surface area contributed by atoms with E-state index in [-0.39, 0.29) is 11.4 Å². The molecule has 1 aliphatic heterocycles. The van der Waals surface area contributed by atoms with Crippen LogP contribution in [0.25, 0.3) is 0 Å². The number of likely N-dealkylation sites (tertiary alicyclic amines) is 1. The monoisotopic (exact) mass is 250 g/mol. The molecule has 0 unspecified atom stereocenters. The Balaban J connectivity index is 1.92. The van der Waals surface area contributed by atoms with Crippen molar-refractivity contribution in [3.05, 3.63) is 18.0 Å². The number of hydrogen-bond acceptors (Lipinski definition) is 3. The highest BCUT2D eigenvalue weighted by Crippen LogP contribution is 2.23. The zero-order valence-electron chi connectivity index (χ0n) is 11.4. The number of amides is 1. The first kappa shape index (κ1) is 13.1. The Hall–Kier alpha value is -1.36. The molecule has 0 spiro atoms. The van der Waals surface area contributed by atoms with Crippen molar-refractivity contribution in [2.75, 3.05) is 13.1 Å². The van der Waals surface area contributed by atoms with Gasteiger partial charge in [-0.25, -0.2) is 0 Å². The Labute approximate surface area is 108 Å². The Morgan fingerprint density at radius 3 is 2.67 bits per heavy atom. The van der Waals surface area contributed by atoms with E-state index in [2.05, 4.69) is 36.3 Å². The van der Waals surface area contributed by atoms with Gasteiger partial charge in [-0.05, 0) is 19.8 Å². The lowest BCUT2D eigenvalue weighted by Crippen LogP contribution is -2.54. The van der Waals surface area contributed by atoms with E-state index in [4.69, 9.17) is 0 Å². The summed E-state index contributed by atoms with van der Waals surface area (Å²) in [7, 11) is 0. The Morgan fingerprint density at radius 1 is 1.50 bits per heavy atom. The largest absolute Gasteiger partial charge is 0.338 e. The molecule has 0 aromatic carbocycles. The molecule has 5 nitrogen and oxygen atoms in total. The van der Waals surface area contributed by atoms with Gasteiger partial charge in [0.25, 0.3) is 5.91 Å². The van der Waals surface area contributed by atoms with E-state index in [0.717, 1.165) is 25.9 Å². The van der Waals surface area contributed by atoms with Crippen molar-refractivity contribution in [2.45, 2.75) is 45.2 Å². The van der Waals surface area contributed by atoms with Gasteiger partial charge >= 0.3 is 0 Å². The second-order valence-corrected chi connectivity index (χ2v) is 5.64. The third-order valence-electron chi connectivity index (χ3n) is 3.54. The van der Waals surface area contributed by atoms with Crippen LogP contribution in [0.5, 0.6) is 0 Å². The minimum absolute atomic E-state index is 0.0790. The van der Waals surface area contributed by atoms with Crippen molar-refractivity contribution in [3.8, 4) is 0 Å². The lowest BCUT2D eigenvalue weighted by atomic mass is 9.88. The summed E-state index contributed by atoms with van der Waals surface area (Å²) in [5, 5.41) is 10.1. The normalized spacial score (nSPS) is 19.2. The molecule has 0 bridgehead atoms. The first-order valence-electron chi connectivity index (χ1n) is 6.56. The van der Waals surface area contributed by atoms with Crippen LogP contribution in [-0.4, -0.2) is 45.7 Å². The summed E-state index contributed by atoms with van der Waals surface area (Å²) in [5.41, 5.74) is 0.803. The van der Waals surface area contributed by atoms with Gasteiger partial charge in [0.05, 0.1) is 11.8 Å². The molecule has 0 atom stereocenters. The molecule has 5 heteroatoms. The van der Waals surface area contributed by atoms with Crippen LogP contribution in [0.15, 0.2) is 12.4 Å². The highest BCUT2D eigenvalue weighted by atomic mass is 16.2. The SMILES string of the molecule is CC(C)NC1(C)CCN(C(=O)c2cn[nH]c2)CC1. The van der Waals surface area contributed by atoms with E-state index < -0.39 is 0 Å². The van der Waals surface area contributed by atoms with E-state index in [1.807, 2.05) is 4.90 Å². The number of carbonyl (C=O) groups is 1. The Bertz CT molecular complexity index is 391. The van der Waals surface area contributed by atoms with E-state index in [9.17, 15) is 4.79 Å². The van der Waals surface area contributed by atoms with E-state index in [0.29, 0.717) is 11.6 Å². The summed E-state index contributed by atoms with van der Waals surface area (Å²) in [6.45, 7) is 8.18. The van der Waals surface area contributed by atoms with Crippen LogP contribution in [0, 0.1) is 0 Å². The van der Waals surface area contributed by atoms with Gasteiger partial charge in [0, 0.05) is 30.9 Å². The zero-order chi connectivity index (χ0) is 13.2. The fourth-order valence-electron chi connectivity index (χ4n) is 2.60. The van der Waals surface area contributed by atoms with Gasteiger partial charge in [-0.1, -0.05) is 13.8 Å². The maximum absolute atomic E-state index is 12.1. The van der Waals surface area contributed by atoms with Crippen molar-refractivity contribution >= 4 is 5.91 Å². The number of hydrogen-bond donors (Lipinski definition) is 2. The molecule has 0 radical (unpaired) electrons. The van der Waals surface area contributed by atoms with Gasteiger partial charge in [-0.2, -0.15) is 5.10 Å². The summed E-state index contributed by atoms with van der Waals surface area (Å²) in [6.07, 6.45) is 5.23. The van der Waals surface area contributed by atoms with Crippen LogP contribution < -0.4 is 5.32 Å². The molecular weight excluding hydrogens is 228 g/mol. The highest BCUT2D eigenvalue weighted by molar-refractivity contribution is 5.93. The fraction of sp³-hybridized carbons (Fsp3) is 0.692. The van der Waals surface area contributed by atoms with Crippen molar-refractivity contribution in [1.82, 2.24) is 20.4 Å². The zero-order valence-corrected chi connectivity index (χ0v) is 11.4. The number of aromatic nitrogens is 2. The van der Waals surface area contributed by atoms with Crippen molar-refractivity contribution < 1.29 is 4.79 Å². The quantitative estimate of drug-likeness (QED) is 0.852. The summed E-state index contributed by atoms with van der Waals surface area (Å²) in [6, 6.07) is 0.478. The Morgan fingerprint density at radius 2 is 2.17 bits per heavy atom. The Kier molecular flexibility index (Phi) is 3.71. The number of nitrogens with zero attached hydrogens (tertiary/aromatic N) is 2. The molecule has 1 amide bonds. The van der Waals surface area contributed by atoms with Crippen molar-refractivity contribution in [3.63, 3.8) is 0 Å². The second kappa shape index (κ2) is 5.10. The average molecular weight is 250 g/mol. The third-order valence-corrected chi connectivity index (χ3v) is 3.54. The maximum atomic E-state index is 12.1. The molecule has 1 aromatic rings. The van der Waals surface area contributed by atoms with Crippen LogP contribution in [0.3, 0.4) is 0 Å². The van der Waals surface area contributed by atoms with Gasteiger partial charge in [-0.3, -0.25) is 9.89 Å². The number of rotatable bonds is 3. The van der Waals surface area contributed by atoms with Gasteiger partial charge in [-0.15, -0.1) is 0 Å². The van der Waals surface area contributed by atoms with Gasteiger partial charge in [0.15, 0.2) is 0 Å². The molecule has 1 aromatic heterocycles. The molecule has 0 aliphatic carbocycles. The van der Waals surface area contributed by atoms with E-state index >= 15 is 0 Å². The maximum Gasteiger partial charge on any atom is 0.257 e. The van der Waals surface area contributed by atoms with Gasteiger partial charge in [0.2, 0.25) is 0 Å². The first-order chi connectivity index (χ1) is 8.50. The topological polar surface area (TPSA) is 61.0 Å². The van der Waals surface area contributed by atoms with Gasteiger partial charge in [0.1, 0.15) is 0 Å². The number of carbonyl (C=O) groups excluding carboxylic acids is 1. The minimum Gasteiger partial charge on any atom is -0.338 e. The number of nitrogens with one attached hydrogen (secondary N) is 2. The lowest BCUT2D eigenvalue weighted by Gasteiger charge is -2.41. The van der Waals surface area contributed by atoms with Crippen LogP contribution in [0.4, 0.5) is 0 Å². The second-order valence-electron chi connectivity index (χ2n) is 5.64. The molecular formula is C13H22N4O. The molecule has 1 fully saturated rings. The van der Waals surface area contributed by atoms with Crippen LogP contribution in [0.1, 0.15) is 44.0 Å². The average Bonchev–Trinajstić information content (AvgIpc) is 2.81. The molecule has 100 valence electrons. The molecule has 2 heterocycles. The summed E-state index contributed by atoms with van der Waals surface area (Å²) in [4.78, 5) is 14.1. The minimum atomic E-state index is 0.0790. The molecule has 0 saturated carbocycles. The summed E-state index contributed by atoms with van der Waals surface area (Å²) >= 11 is 0.